The Bertz CT molecular complexity index is 595. The summed E-state index contributed by atoms with van der Waals surface area (Å²) in [6, 6.07) is 14.5. The smallest absolute Gasteiger partial charge is 0.338 e. The molecule has 0 unspecified atom stereocenters. The molecule has 0 saturated carbocycles. The van der Waals surface area contributed by atoms with Crippen molar-refractivity contribution in [2.75, 3.05) is 0 Å². The SMILES string of the molecule is CC(C)OC(=O)c1ccc(-c2ccc(C=O)cc2)cc1. The van der Waals surface area contributed by atoms with E-state index in [0.29, 0.717) is 11.1 Å². The summed E-state index contributed by atoms with van der Waals surface area (Å²) >= 11 is 0. The minimum atomic E-state index is -0.317. The first-order chi connectivity index (χ1) is 9.60. The van der Waals surface area contributed by atoms with Crippen LogP contribution in [-0.2, 0) is 4.74 Å². The van der Waals surface area contributed by atoms with Crippen molar-refractivity contribution < 1.29 is 14.3 Å². The fourth-order valence-electron chi connectivity index (χ4n) is 1.84. The van der Waals surface area contributed by atoms with Crippen LogP contribution in [0.4, 0.5) is 0 Å². The molecule has 0 aromatic heterocycles. The molecule has 0 aliphatic rings. The van der Waals surface area contributed by atoms with Gasteiger partial charge in [-0.3, -0.25) is 4.79 Å². The number of ether oxygens (including phenoxy) is 1. The van der Waals surface area contributed by atoms with Crippen LogP contribution >= 0.6 is 0 Å². The zero-order valence-electron chi connectivity index (χ0n) is 11.5. The van der Waals surface area contributed by atoms with Gasteiger partial charge in [0.25, 0.3) is 0 Å². The number of hydrogen-bond acceptors (Lipinski definition) is 3. The number of hydrogen-bond donors (Lipinski definition) is 0. The summed E-state index contributed by atoms with van der Waals surface area (Å²) in [4.78, 5) is 22.3. The van der Waals surface area contributed by atoms with Gasteiger partial charge in [0.05, 0.1) is 11.7 Å². The first kappa shape index (κ1) is 14.0. The summed E-state index contributed by atoms with van der Waals surface area (Å²) in [7, 11) is 0. The third-order valence-corrected chi connectivity index (χ3v) is 2.84. The van der Waals surface area contributed by atoms with E-state index in [4.69, 9.17) is 4.74 Å². The molecule has 20 heavy (non-hydrogen) atoms. The number of carbonyl (C=O) groups is 2. The average Bonchev–Trinajstić information content (AvgIpc) is 2.47. The molecule has 0 spiro atoms. The summed E-state index contributed by atoms with van der Waals surface area (Å²) in [6.45, 7) is 3.64. The van der Waals surface area contributed by atoms with Crippen LogP contribution in [0.15, 0.2) is 48.5 Å². The number of carbonyl (C=O) groups excluding carboxylic acids is 2. The lowest BCUT2D eigenvalue weighted by Gasteiger charge is -2.08. The van der Waals surface area contributed by atoms with Crippen molar-refractivity contribution in [1.82, 2.24) is 0 Å². The molecule has 102 valence electrons. The second kappa shape index (κ2) is 6.15. The highest BCUT2D eigenvalue weighted by atomic mass is 16.5. The minimum absolute atomic E-state index is 0.127. The van der Waals surface area contributed by atoms with E-state index < -0.39 is 0 Å². The quantitative estimate of drug-likeness (QED) is 0.627. The Morgan fingerprint density at radius 3 is 1.90 bits per heavy atom. The monoisotopic (exact) mass is 268 g/mol. The number of rotatable bonds is 4. The van der Waals surface area contributed by atoms with Gasteiger partial charge in [-0.25, -0.2) is 4.79 Å². The molecule has 2 rings (SSSR count). The highest BCUT2D eigenvalue weighted by Gasteiger charge is 2.09. The van der Waals surface area contributed by atoms with Crippen molar-refractivity contribution in [2.24, 2.45) is 0 Å². The normalized spacial score (nSPS) is 10.3. The van der Waals surface area contributed by atoms with Crippen molar-refractivity contribution in [2.45, 2.75) is 20.0 Å². The van der Waals surface area contributed by atoms with Crippen molar-refractivity contribution in [3.05, 3.63) is 59.7 Å². The molecular formula is C17H16O3. The van der Waals surface area contributed by atoms with Crippen molar-refractivity contribution >= 4 is 12.3 Å². The molecule has 0 aliphatic heterocycles. The molecule has 0 N–H and O–H groups in total. The van der Waals surface area contributed by atoms with E-state index in [1.165, 1.54) is 0 Å². The lowest BCUT2D eigenvalue weighted by molar-refractivity contribution is 0.0378. The van der Waals surface area contributed by atoms with Gasteiger partial charge >= 0.3 is 5.97 Å². The third-order valence-electron chi connectivity index (χ3n) is 2.84. The Morgan fingerprint density at radius 1 is 0.950 bits per heavy atom. The highest BCUT2D eigenvalue weighted by Crippen LogP contribution is 2.20. The van der Waals surface area contributed by atoms with Gasteiger partial charge in [0, 0.05) is 5.56 Å². The second-order valence-electron chi connectivity index (χ2n) is 4.77. The fourth-order valence-corrected chi connectivity index (χ4v) is 1.84. The van der Waals surface area contributed by atoms with E-state index in [1.54, 1.807) is 24.3 Å². The molecule has 0 bridgehead atoms. The molecule has 3 heteroatoms. The van der Waals surface area contributed by atoms with Gasteiger partial charge in [-0.2, -0.15) is 0 Å². The van der Waals surface area contributed by atoms with Crippen molar-refractivity contribution in [1.29, 1.82) is 0 Å². The summed E-state index contributed by atoms with van der Waals surface area (Å²) in [5.41, 5.74) is 3.17. The zero-order chi connectivity index (χ0) is 14.5. The van der Waals surface area contributed by atoms with Crippen LogP contribution < -0.4 is 0 Å². The predicted molar refractivity (Wildman–Crippen MR) is 77.8 cm³/mol. The minimum Gasteiger partial charge on any atom is -0.459 e. The molecule has 0 heterocycles. The van der Waals surface area contributed by atoms with Gasteiger partial charge in [-0.15, -0.1) is 0 Å². The topological polar surface area (TPSA) is 43.4 Å². The van der Waals surface area contributed by atoms with E-state index in [0.717, 1.165) is 17.4 Å². The Labute approximate surface area is 118 Å². The molecule has 0 fully saturated rings. The predicted octanol–water partition coefficient (Wildman–Crippen LogP) is 3.73. The van der Waals surface area contributed by atoms with E-state index >= 15 is 0 Å². The van der Waals surface area contributed by atoms with Gasteiger partial charge in [-0.1, -0.05) is 36.4 Å². The highest BCUT2D eigenvalue weighted by molar-refractivity contribution is 5.90. The van der Waals surface area contributed by atoms with Crippen LogP contribution in [0.2, 0.25) is 0 Å². The number of esters is 1. The van der Waals surface area contributed by atoms with E-state index in [-0.39, 0.29) is 12.1 Å². The van der Waals surface area contributed by atoms with Gasteiger partial charge in [0.1, 0.15) is 6.29 Å². The van der Waals surface area contributed by atoms with Crippen LogP contribution in [0.1, 0.15) is 34.6 Å². The van der Waals surface area contributed by atoms with Gasteiger partial charge in [-0.05, 0) is 37.1 Å². The summed E-state index contributed by atoms with van der Waals surface area (Å²) in [5, 5.41) is 0. The van der Waals surface area contributed by atoms with Crippen LogP contribution in [0.3, 0.4) is 0 Å². The lowest BCUT2D eigenvalue weighted by Crippen LogP contribution is -2.11. The molecule has 3 nitrogen and oxygen atoms in total. The van der Waals surface area contributed by atoms with E-state index in [1.807, 2.05) is 38.1 Å². The van der Waals surface area contributed by atoms with Gasteiger partial charge in [0.2, 0.25) is 0 Å². The first-order valence-corrected chi connectivity index (χ1v) is 6.47. The van der Waals surface area contributed by atoms with Crippen molar-refractivity contribution in [3.63, 3.8) is 0 Å². The summed E-state index contributed by atoms with van der Waals surface area (Å²) in [6.07, 6.45) is 0.687. The maximum atomic E-state index is 11.7. The molecular weight excluding hydrogens is 252 g/mol. The zero-order valence-corrected chi connectivity index (χ0v) is 11.5. The van der Waals surface area contributed by atoms with Crippen LogP contribution in [0.5, 0.6) is 0 Å². The largest absolute Gasteiger partial charge is 0.459 e. The number of aldehydes is 1. The third kappa shape index (κ3) is 3.32. The Morgan fingerprint density at radius 2 is 1.45 bits per heavy atom. The maximum Gasteiger partial charge on any atom is 0.338 e. The summed E-state index contributed by atoms with van der Waals surface area (Å²) < 4.78 is 5.13. The summed E-state index contributed by atoms with van der Waals surface area (Å²) in [5.74, 6) is -0.317. The van der Waals surface area contributed by atoms with Crippen LogP contribution in [-0.4, -0.2) is 18.4 Å². The van der Waals surface area contributed by atoms with Gasteiger partial charge in [0.15, 0.2) is 0 Å². The number of benzene rings is 2. The first-order valence-electron chi connectivity index (χ1n) is 6.47. The molecule has 0 aliphatic carbocycles. The Balaban J connectivity index is 2.18. The van der Waals surface area contributed by atoms with Gasteiger partial charge < -0.3 is 4.74 Å². The second-order valence-corrected chi connectivity index (χ2v) is 4.77. The van der Waals surface area contributed by atoms with Crippen LogP contribution in [0, 0.1) is 0 Å². The lowest BCUT2D eigenvalue weighted by atomic mass is 10.0. The molecule has 2 aromatic carbocycles. The Hall–Kier alpha value is -2.42. The van der Waals surface area contributed by atoms with E-state index in [9.17, 15) is 9.59 Å². The van der Waals surface area contributed by atoms with Crippen molar-refractivity contribution in [3.8, 4) is 11.1 Å². The van der Waals surface area contributed by atoms with Crippen LogP contribution in [0.25, 0.3) is 11.1 Å². The van der Waals surface area contributed by atoms with E-state index in [2.05, 4.69) is 0 Å². The maximum absolute atomic E-state index is 11.7. The molecule has 0 amide bonds. The molecule has 0 saturated heterocycles. The molecule has 0 atom stereocenters. The fraction of sp³-hybridized carbons (Fsp3) is 0.176. The standard InChI is InChI=1S/C17H16O3/c1-12(2)20-17(19)16-9-7-15(8-10-16)14-5-3-13(11-18)4-6-14/h3-12H,1-2H3. The Kier molecular flexibility index (Phi) is 4.31. The average molecular weight is 268 g/mol. The molecule has 2 aromatic rings. The molecule has 0 radical (unpaired) electrons.